The Morgan fingerprint density at radius 2 is 1.84 bits per heavy atom. The van der Waals surface area contributed by atoms with Gasteiger partial charge in [0, 0.05) is 12.6 Å². The van der Waals surface area contributed by atoms with Crippen molar-refractivity contribution in [1.82, 2.24) is 0 Å². The van der Waals surface area contributed by atoms with Gasteiger partial charge in [-0.25, -0.2) is 16.8 Å². The molecule has 1 heterocycles. The van der Waals surface area contributed by atoms with Crippen LogP contribution in [0.15, 0.2) is 47.4 Å². The maximum Gasteiger partial charge on any atom is 0.264 e. The molecular formula is C19H23N3O7S2. The normalized spacial score (nSPS) is 20.2. The van der Waals surface area contributed by atoms with E-state index in [1.54, 1.807) is 0 Å². The SMILES string of the molecule is COc1ccc(S(=O)(=O)N(c2ccc(N)cc2)[C@H]2CS(=O)(=O)C[C@H]2O)cc1NC(C)=O. The van der Waals surface area contributed by atoms with E-state index in [-0.39, 0.29) is 22.0 Å². The molecule has 2 aromatic rings. The first-order valence-electron chi connectivity index (χ1n) is 9.19. The molecule has 0 unspecified atom stereocenters. The van der Waals surface area contributed by atoms with Crippen molar-refractivity contribution in [3.05, 3.63) is 42.5 Å². The van der Waals surface area contributed by atoms with Gasteiger partial charge in [-0.05, 0) is 42.5 Å². The summed E-state index contributed by atoms with van der Waals surface area (Å²) in [6.45, 7) is 1.26. The molecule has 12 heteroatoms. The number of nitrogens with two attached hydrogens (primary N) is 1. The minimum absolute atomic E-state index is 0.132. The molecule has 0 aromatic heterocycles. The second-order valence-corrected chi connectivity index (χ2v) is 11.1. The maximum atomic E-state index is 13.6. The lowest BCUT2D eigenvalue weighted by Crippen LogP contribution is -2.47. The molecule has 1 fully saturated rings. The fourth-order valence-electron chi connectivity index (χ4n) is 3.41. The minimum Gasteiger partial charge on any atom is -0.495 e. The Labute approximate surface area is 180 Å². The topological polar surface area (TPSA) is 156 Å². The summed E-state index contributed by atoms with van der Waals surface area (Å²) in [5.41, 5.74) is 6.37. The molecule has 31 heavy (non-hydrogen) atoms. The van der Waals surface area contributed by atoms with Crippen LogP contribution in [0.4, 0.5) is 17.1 Å². The van der Waals surface area contributed by atoms with Crippen molar-refractivity contribution in [3.63, 3.8) is 0 Å². The third kappa shape index (κ3) is 4.75. The fraction of sp³-hybridized carbons (Fsp3) is 0.316. The number of hydrogen-bond acceptors (Lipinski definition) is 8. The summed E-state index contributed by atoms with van der Waals surface area (Å²) >= 11 is 0. The van der Waals surface area contributed by atoms with E-state index in [4.69, 9.17) is 10.5 Å². The average molecular weight is 470 g/mol. The number of hydrogen-bond donors (Lipinski definition) is 3. The van der Waals surface area contributed by atoms with Crippen LogP contribution in [0.25, 0.3) is 0 Å². The van der Waals surface area contributed by atoms with Gasteiger partial charge in [0.25, 0.3) is 10.0 Å². The molecule has 0 radical (unpaired) electrons. The smallest absolute Gasteiger partial charge is 0.264 e. The Hall–Kier alpha value is -2.83. The van der Waals surface area contributed by atoms with Crippen molar-refractivity contribution in [2.45, 2.75) is 24.0 Å². The lowest BCUT2D eigenvalue weighted by atomic mass is 10.2. The first-order chi connectivity index (χ1) is 14.4. The standard InChI is InChI=1S/C19H23N3O7S2/c1-12(23)21-16-9-15(7-8-19(16)29-2)31(27,28)22(14-5-3-13(20)4-6-14)17-10-30(25,26)11-18(17)24/h3-9,17-18,24H,10-11,20H2,1-2H3,(H,21,23)/t17-,18+/m0/s1. The number of aliphatic hydroxyl groups is 1. The van der Waals surface area contributed by atoms with Crippen LogP contribution < -0.4 is 20.1 Å². The molecule has 0 saturated carbocycles. The Morgan fingerprint density at radius 3 is 2.35 bits per heavy atom. The van der Waals surface area contributed by atoms with Crippen LogP contribution >= 0.6 is 0 Å². The molecule has 4 N–H and O–H groups in total. The number of carbonyl (C=O) groups excluding carboxylic acids is 1. The van der Waals surface area contributed by atoms with Gasteiger partial charge in [0.05, 0.1) is 47.0 Å². The number of sulfone groups is 1. The lowest BCUT2D eigenvalue weighted by molar-refractivity contribution is -0.114. The molecule has 1 saturated heterocycles. The monoisotopic (exact) mass is 469 g/mol. The number of sulfonamides is 1. The molecule has 0 bridgehead atoms. The molecule has 10 nitrogen and oxygen atoms in total. The number of nitrogens with zero attached hydrogens (tertiary/aromatic N) is 1. The largest absolute Gasteiger partial charge is 0.495 e. The zero-order valence-corrected chi connectivity index (χ0v) is 18.5. The molecule has 1 amide bonds. The second kappa shape index (κ2) is 8.36. The van der Waals surface area contributed by atoms with E-state index in [9.17, 15) is 26.7 Å². The number of benzene rings is 2. The number of rotatable bonds is 6. The summed E-state index contributed by atoms with van der Waals surface area (Å²) in [6.07, 6.45) is -1.41. The fourth-order valence-corrected chi connectivity index (χ4v) is 6.98. The molecule has 0 spiro atoms. The third-order valence-electron chi connectivity index (χ3n) is 4.78. The number of aliphatic hydroxyl groups excluding tert-OH is 1. The summed E-state index contributed by atoms with van der Waals surface area (Å²) in [4.78, 5) is 11.3. The molecule has 1 aliphatic heterocycles. The number of nitrogens with one attached hydrogen (secondary N) is 1. The number of nitrogen functional groups attached to an aromatic ring is 1. The predicted molar refractivity (Wildman–Crippen MR) is 116 cm³/mol. The van der Waals surface area contributed by atoms with Crippen molar-refractivity contribution in [2.24, 2.45) is 0 Å². The van der Waals surface area contributed by atoms with Crippen LogP contribution in [0, 0.1) is 0 Å². The van der Waals surface area contributed by atoms with Crippen LogP contribution in [0.1, 0.15) is 6.92 Å². The van der Waals surface area contributed by atoms with Crippen molar-refractivity contribution in [3.8, 4) is 5.75 Å². The highest BCUT2D eigenvalue weighted by atomic mass is 32.2. The number of ether oxygens (including phenoxy) is 1. The quantitative estimate of drug-likeness (QED) is 0.519. The average Bonchev–Trinajstić information content (AvgIpc) is 2.94. The van der Waals surface area contributed by atoms with Crippen LogP contribution in [-0.4, -0.2) is 58.6 Å². The molecule has 0 aliphatic carbocycles. The Morgan fingerprint density at radius 1 is 1.19 bits per heavy atom. The predicted octanol–water partition coefficient (Wildman–Crippen LogP) is 0.589. The number of carbonyl (C=O) groups is 1. The van der Waals surface area contributed by atoms with Gasteiger partial charge >= 0.3 is 0 Å². The van der Waals surface area contributed by atoms with E-state index in [2.05, 4.69) is 5.32 Å². The third-order valence-corrected chi connectivity index (χ3v) is 8.33. The molecule has 2 atom stereocenters. The summed E-state index contributed by atoms with van der Waals surface area (Å²) in [7, 11) is -6.63. The highest BCUT2D eigenvalue weighted by Gasteiger charge is 2.45. The molecule has 2 aromatic carbocycles. The van der Waals surface area contributed by atoms with Gasteiger partial charge in [-0.3, -0.25) is 9.10 Å². The first-order valence-corrected chi connectivity index (χ1v) is 12.4. The van der Waals surface area contributed by atoms with E-state index < -0.39 is 49.4 Å². The minimum atomic E-state index is -4.36. The van der Waals surface area contributed by atoms with Crippen LogP contribution in [-0.2, 0) is 24.7 Å². The van der Waals surface area contributed by atoms with Crippen LogP contribution in [0.3, 0.4) is 0 Å². The zero-order valence-electron chi connectivity index (χ0n) is 16.8. The summed E-state index contributed by atoms with van der Waals surface area (Å²) in [5, 5.41) is 12.9. The number of methoxy groups -OCH3 is 1. The van der Waals surface area contributed by atoms with E-state index >= 15 is 0 Å². The Kier molecular flexibility index (Phi) is 6.16. The second-order valence-electron chi connectivity index (χ2n) is 7.15. The Balaban J connectivity index is 2.16. The summed E-state index contributed by atoms with van der Waals surface area (Å²) < 4.78 is 57.5. The van der Waals surface area contributed by atoms with Gasteiger partial charge < -0.3 is 20.9 Å². The van der Waals surface area contributed by atoms with Gasteiger partial charge in [0.15, 0.2) is 9.84 Å². The molecule has 1 aliphatic rings. The van der Waals surface area contributed by atoms with E-state index in [1.165, 1.54) is 56.5 Å². The first kappa shape index (κ1) is 22.8. The van der Waals surface area contributed by atoms with Crippen molar-refractivity contribution in [2.75, 3.05) is 34.0 Å². The number of amides is 1. The summed E-state index contributed by atoms with van der Waals surface area (Å²) in [5.74, 6) is -1.26. The zero-order chi connectivity index (χ0) is 23.0. The Bertz CT molecular complexity index is 1200. The van der Waals surface area contributed by atoms with Crippen LogP contribution in [0.2, 0.25) is 0 Å². The van der Waals surface area contributed by atoms with Crippen molar-refractivity contribution < 1.29 is 31.5 Å². The van der Waals surface area contributed by atoms with Gasteiger partial charge in [0.2, 0.25) is 5.91 Å². The van der Waals surface area contributed by atoms with Gasteiger partial charge in [-0.1, -0.05) is 0 Å². The maximum absolute atomic E-state index is 13.6. The lowest BCUT2D eigenvalue weighted by Gasteiger charge is -2.31. The highest BCUT2D eigenvalue weighted by Crippen LogP contribution is 2.34. The van der Waals surface area contributed by atoms with E-state index in [0.29, 0.717) is 5.69 Å². The highest BCUT2D eigenvalue weighted by molar-refractivity contribution is 7.93. The molecule has 168 valence electrons. The number of anilines is 3. The van der Waals surface area contributed by atoms with Crippen molar-refractivity contribution in [1.29, 1.82) is 0 Å². The van der Waals surface area contributed by atoms with E-state index in [0.717, 1.165) is 4.31 Å². The van der Waals surface area contributed by atoms with Crippen LogP contribution in [0.5, 0.6) is 5.75 Å². The van der Waals surface area contributed by atoms with Gasteiger partial charge in [-0.15, -0.1) is 0 Å². The molecular weight excluding hydrogens is 446 g/mol. The van der Waals surface area contributed by atoms with E-state index in [1.807, 2.05) is 0 Å². The van der Waals surface area contributed by atoms with Crippen molar-refractivity contribution >= 4 is 42.8 Å². The summed E-state index contributed by atoms with van der Waals surface area (Å²) in [6, 6.07) is 8.46. The van der Waals surface area contributed by atoms with Gasteiger partial charge in [-0.2, -0.15) is 0 Å². The molecule has 3 rings (SSSR count). The van der Waals surface area contributed by atoms with Gasteiger partial charge in [0.1, 0.15) is 5.75 Å².